The Balaban J connectivity index is 2.02. The quantitative estimate of drug-likeness (QED) is 0.833. The maximum atomic E-state index is 13.8. The van der Waals surface area contributed by atoms with Gasteiger partial charge in [-0.05, 0) is 32.4 Å². The molecule has 4 heteroatoms. The molecule has 2 rings (SSSR count). The highest BCUT2D eigenvalue weighted by atomic mass is 19.1. The first kappa shape index (κ1) is 11.3. The zero-order valence-electron chi connectivity index (χ0n) is 9.62. The minimum absolute atomic E-state index is 0.487. The van der Waals surface area contributed by atoms with Gasteiger partial charge in [0.1, 0.15) is 11.5 Å². The SMILES string of the molecule is CC1(F)CCCN(Cc2cccnc2N)C1. The first-order valence-electron chi connectivity index (χ1n) is 5.67. The summed E-state index contributed by atoms with van der Waals surface area (Å²) in [5.41, 5.74) is 5.70. The van der Waals surface area contributed by atoms with Crippen LogP contribution >= 0.6 is 0 Å². The molecule has 88 valence electrons. The van der Waals surface area contributed by atoms with E-state index in [2.05, 4.69) is 9.88 Å². The molecule has 0 amide bonds. The van der Waals surface area contributed by atoms with E-state index in [1.54, 1.807) is 13.1 Å². The third-order valence-corrected chi connectivity index (χ3v) is 3.05. The van der Waals surface area contributed by atoms with Gasteiger partial charge in [-0.3, -0.25) is 4.90 Å². The second kappa shape index (κ2) is 4.37. The molecule has 1 aliphatic heterocycles. The van der Waals surface area contributed by atoms with Gasteiger partial charge in [-0.25, -0.2) is 9.37 Å². The number of nitrogens with zero attached hydrogens (tertiary/aromatic N) is 2. The summed E-state index contributed by atoms with van der Waals surface area (Å²) in [6.45, 7) is 3.79. The van der Waals surface area contributed by atoms with Crippen molar-refractivity contribution >= 4 is 5.82 Å². The summed E-state index contributed by atoms with van der Waals surface area (Å²) in [7, 11) is 0. The van der Waals surface area contributed by atoms with Crippen LogP contribution in [0.5, 0.6) is 0 Å². The minimum Gasteiger partial charge on any atom is -0.383 e. The maximum Gasteiger partial charge on any atom is 0.127 e. The third-order valence-electron chi connectivity index (χ3n) is 3.05. The molecule has 16 heavy (non-hydrogen) atoms. The molecule has 0 bridgehead atoms. The monoisotopic (exact) mass is 223 g/mol. The summed E-state index contributed by atoms with van der Waals surface area (Å²) in [6.07, 6.45) is 3.24. The Labute approximate surface area is 95.5 Å². The molecule has 3 nitrogen and oxygen atoms in total. The smallest absolute Gasteiger partial charge is 0.127 e. The van der Waals surface area contributed by atoms with E-state index in [1.165, 1.54) is 0 Å². The Morgan fingerprint density at radius 2 is 2.44 bits per heavy atom. The lowest BCUT2D eigenvalue weighted by molar-refractivity contribution is 0.0564. The van der Waals surface area contributed by atoms with Crippen LogP contribution in [0.4, 0.5) is 10.2 Å². The van der Waals surface area contributed by atoms with Crippen molar-refractivity contribution in [3.63, 3.8) is 0 Å². The Hall–Kier alpha value is -1.16. The van der Waals surface area contributed by atoms with Gasteiger partial charge in [-0.2, -0.15) is 0 Å². The van der Waals surface area contributed by atoms with Crippen molar-refractivity contribution < 1.29 is 4.39 Å². The number of rotatable bonds is 2. The number of nitrogens with two attached hydrogens (primary N) is 1. The average Bonchev–Trinajstić information content (AvgIpc) is 2.20. The van der Waals surface area contributed by atoms with E-state index in [0.29, 0.717) is 25.3 Å². The van der Waals surface area contributed by atoms with Gasteiger partial charge in [0.15, 0.2) is 0 Å². The van der Waals surface area contributed by atoms with Crippen LogP contribution in [0.2, 0.25) is 0 Å². The molecule has 1 atom stereocenters. The predicted molar refractivity (Wildman–Crippen MR) is 62.7 cm³/mol. The maximum absolute atomic E-state index is 13.8. The van der Waals surface area contributed by atoms with Crippen LogP contribution < -0.4 is 5.73 Å². The lowest BCUT2D eigenvalue weighted by Gasteiger charge is -2.35. The number of nitrogen functional groups attached to an aromatic ring is 1. The molecule has 1 aromatic heterocycles. The first-order chi connectivity index (χ1) is 7.57. The molecule has 0 aliphatic carbocycles. The summed E-state index contributed by atoms with van der Waals surface area (Å²) in [6, 6.07) is 3.82. The van der Waals surface area contributed by atoms with Gasteiger partial charge in [0, 0.05) is 24.8 Å². The summed E-state index contributed by atoms with van der Waals surface area (Å²) >= 11 is 0. The Bertz CT molecular complexity index is 365. The van der Waals surface area contributed by atoms with Crippen molar-refractivity contribution in [2.75, 3.05) is 18.8 Å². The normalized spacial score (nSPS) is 26.9. The molecule has 1 unspecified atom stereocenters. The predicted octanol–water partition coefficient (Wildman–Crippen LogP) is 1.99. The number of halogens is 1. The number of likely N-dealkylation sites (tertiary alicyclic amines) is 1. The van der Waals surface area contributed by atoms with E-state index in [-0.39, 0.29) is 0 Å². The van der Waals surface area contributed by atoms with Crippen LogP contribution in [0, 0.1) is 0 Å². The van der Waals surface area contributed by atoms with Gasteiger partial charge in [0.25, 0.3) is 0 Å². The van der Waals surface area contributed by atoms with E-state index < -0.39 is 5.67 Å². The molecular weight excluding hydrogens is 205 g/mol. The number of hydrogen-bond donors (Lipinski definition) is 1. The summed E-state index contributed by atoms with van der Waals surface area (Å²) in [4.78, 5) is 6.15. The zero-order valence-corrected chi connectivity index (χ0v) is 9.62. The molecular formula is C12H18FN3. The van der Waals surface area contributed by atoms with Crippen molar-refractivity contribution in [2.24, 2.45) is 0 Å². The highest BCUT2D eigenvalue weighted by molar-refractivity contribution is 5.38. The van der Waals surface area contributed by atoms with E-state index >= 15 is 0 Å². The van der Waals surface area contributed by atoms with Gasteiger partial charge in [0.05, 0.1) is 0 Å². The molecule has 1 fully saturated rings. The highest BCUT2D eigenvalue weighted by Crippen LogP contribution is 2.26. The second-order valence-electron chi connectivity index (χ2n) is 4.78. The fourth-order valence-corrected chi connectivity index (χ4v) is 2.26. The van der Waals surface area contributed by atoms with Crippen LogP contribution in [-0.2, 0) is 6.54 Å². The largest absolute Gasteiger partial charge is 0.383 e. The standard InChI is InChI=1S/C12H18FN3/c1-12(13)5-3-7-16(9-12)8-10-4-2-6-15-11(10)14/h2,4,6H,3,5,7-9H2,1H3,(H2,14,15). The van der Waals surface area contributed by atoms with Crippen molar-refractivity contribution in [2.45, 2.75) is 32.0 Å². The second-order valence-corrected chi connectivity index (χ2v) is 4.78. The molecule has 0 spiro atoms. The fraction of sp³-hybridized carbons (Fsp3) is 0.583. The minimum atomic E-state index is -1.06. The molecule has 0 radical (unpaired) electrons. The lowest BCUT2D eigenvalue weighted by Crippen LogP contribution is -2.42. The lowest BCUT2D eigenvalue weighted by atomic mass is 9.96. The Kier molecular flexibility index (Phi) is 3.10. The molecule has 2 heterocycles. The topological polar surface area (TPSA) is 42.2 Å². The van der Waals surface area contributed by atoms with Crippen molar-refractivity contribution in [1.82, 2.24) is 9.88 Å². The highest BCUT2D eigenvalue weighted by Gasteiger charge is 2.30. The third kappa shape index (κ3) is 2.70. The van der Waals surface area contributed by atoms with Gasteiger partial charge < -0.3 is 5.73 Å². The molecule has 2 N–H and O–H groups in total. The van der Waals surface area contributed by atoms with Crippen LogP contribution in [0.3, 0.4) is 0 Å². The fourth-order valence-electron chi connectivity index (χ4n) is 2.26. The zero-order chi connectivity index (χ0) is 11.6. The van der Waals surface area contributed by atoms with Crippen LogP contribution in [0.1, 0.15) is 25.3 Å². The Morgan fingerprint density at radius 3 is 3.12 bits per heavy atom. The van der Waals surface area contributed by atoms with Crippen LogP contribution in [0.15, 0.2) is 18.3 Å². The van der Waals surface area contributed by atoms with E-state index in [0.717, 1.165) is 18.5 Å². The van der Waals surface area contributed by atoms with Crippen LogP contribution in [0.25, 0.3) is 0 Å². The van der Waals surface area contributed by atoms with E-state index in [1.807, 2.05) is 12.1 Å². The van der Waals surface area contributed by atoms with Gasteiger partial charge in [0.2, 0.25) is 0 Å². The van der Waals surface area contributed by atoms with Crippen molar-refractivity contribution in [3.05, 3.63) is 23.9 Å². The van der Waals surface area contributed by atoms with Gasteiger partial charge in [-0.15, -0.1) is 0 Å². The molecule has 0 aromatic carbocycles. The summed E-state index contributed by atoms with van der Waals surface area (Å²) in [5, 5.41) is 0. The Morgan fingerprint density at radius 1 is 1.62 bits per heavy atom. The molecule has 1 aliphatic rings. The van der Waals surface area contributed by atoms with Gasteiger partial charge in [-0.1, -0.05) is 6.07 Å². The van der Waals surface area contributed by atoms with E-state index in [9.17, 15) is 4.39 Å². The number of pyridine rings is 1. The molecule has 0 saturated carbocycles. The van der Waals surface area contributed by atoms with Crippen molar-refractivity contribution in [3.8, 4) is 0 Å². The van der Waals surface area contributed by atoms with Crippen molar-refractivity contribution in [1.29, 1.82) is 0 Å². The molecule has 1 aromatic rings. The number of aromatic nitrogens is 1. The van der Waals surface area contributed by atoms with E-state index in [4.69, 9.17) is 5.73 Å². The first-order valence-corrected chi connectivity index (χ1v) is 5.67. The average molecular weight is 223 g/mol. The number of hydrogen-bond acceptors (Lipinski definition) is 3. The summed E-state index contributed by atoms with van der Waals surface area (Å²) < 4.78 is 13.8. The van der Waals surface area contributed by atoms with Crippen LogP contribution in [-0.4, -0.2) is 28.6 Å². The number of piperidine rings is 1. The number of anilines is 1. The summed E-state index contributed by atoms with van der Waals surface area (Å²) in [5.74, 6) is 0.550. The number of alkyl halides is 1. The van der Waals surface area contributed by atoms with Gasteiger partial charge >= 0.3 is 0 Å². The molecule has 1 saturated heterocycles.